The van der Waals surface area contributed by atoms with Gasteiger partial charge in [-0.05, 0) is 30.4 Å². The highest BCUT2D eigenvalue weighted by atomic mass is 19.2. The molecule has 3 rings (SSSR count). The number of rotatable bonds is 2. The Morgan fingerprint density at radius 2 is 1.92 bits per heavy atom. The number of benzene rings is 1. The lowest BCUT2D eigenvalue weighted by Crippen LogP contribution is -2.55. The van der Waals surface area contributed by atoms with Crippen molar-refractivity contribution in [1.82, 2.24) is 4.90 Å². The van der Waals surface area contributed by atoms with E-state index in [0.29, 0.717) is 32.5 Å². The van der Waals surface area contributed by atoms with Crippen molar-refractivity contribution < 1.29 is 18.4 Å². The van der Waals surface area contributed by atoms with Crippen LogP contribution in [0.5, 0.6) is 0 Å². The van der Waals surface area contributed by atoms with Crippen LogP contribution >= 0.6 is 0 Å². The lowest BCUT2D eigenvalue weighted by molar-refractivity contribution is -0.142. The summed E-state index contributed by atoms with van der Waals surface area (Å²) in [7, 11) is 0. The van der Waals surface area contributed by atoms with E-state index in [1.807, 2.05) is 13.8 Å². The zero-order valence-corrected chi connectivity index (χ0v) is 14.5. The smallest absolute Gasteiger partial charge is 0.239 e. The third-order valence-corrected chi connectivity index (χ3v) is 5.34. The minimum atomic E-state index is -1.01. The summed E-state index contributed by atoms with van der Waals surface area (Å²) in [4.78, 5) is 28.5. The molecular formula is C18H23F2N3O2. The SMILES string of the molecule is CC1(C)CN(C(=O)C2CCN(c3ccc(F)c(F)c3)C2=O)CCC1N. The minimum absolute atomic E-state index is 0.0227. The summed E-state index contributed by atoms with van der Waals surface area (Å²) in [5, 5.41) is 0. The van der Waals surface area contributed by atoms with Crippen LogP contribution in [0.2, 0.25) is 0 Å². The molecule has 25 heavy (non-hydrogen) atoms. The second-order valence-electron chi connectivity index (χ2n) is 7.57. The molecule has 0 radical (unpaired) electrons. The number of carbonyl (C=O) groups is 2. The van der Waals surface area contributed by atoms with Gasteiger partial charge in [0.05, 0.1) is 0 Å². The first-order valence-corrected chi connectivity index (χ1v) is 8.51. The van der Waals surface area contributed by atoms with Crippen molar-refractivity contribution in [3.8, 4) is 0 Å². The normalized spacial score (nSPS) is 26.2. The van der Waals surface area contributed by atoms with Gasteiger partial charge < -0.3 is 15.5 Å². The summed E-state index contributed by atoms with van der Waals surface area (Å²) in [6, 6.07) is 3.35. The van der Waals surface area contributed by atoms with Gasteiger partial charge in [-0.3, -0.25) is 9.59 Å². The van der Waals surface area contributed by atoms with Gasteiger partial charge in [0.15, 0.2) is 11.6 Å². The van der Waals surface area contributed by atoms with Crippen LogP contribution < -0.4 is 10.6 Å². The Morgan fingerprint density at radius 3 is 2.56 bits per heavy atom. The molecule has 2 heterocycles. The van der Waals surface area contributed by atoms with E-state index in [4.69, 9.17) is 5.73 Å². The molecule has 2 saturated heterocycles. The highest BCUT2D eigenvalue weighted by Crippen LogP contribution is 2.32. The number of hydrogen-bond acceptors (Lipinski definition) is 3. The van der Waals surface area contributed by atoms with Crippen LogP contribution in [0.15, 0.2) is 18.2 Å². The van der Waals surface area contributed by atoms with Crippen molar-refractivity contribution in [3.63, 3.8) is 0 Å². The third-order valence-electron chi connectivity index (χ3n) is 5.34. The standard InChI is InChI=1S/C18H23F2N3O2/c1-18(2)10-22(7-6-15(18)21)16(24)12-5-8-23(17(12)25)11-3-4-13(19)14(20)9-11/h3-4,9,12,15H,5-8,10,21H2,1-2H3. The van der Waals surface area contributed by atoms with Crippen LogP contribution in [0.4, 0.5) is 14.5 Å². The Labute approximate surface area is 145 Å². The Balaban J connectivity index is 1.73. The number of piperidine rings is 1. The molecule has 2 amide bonds. The predicted octanol–water partition coefficient (Wildman–Crippen LogP) is 1.90. The van der Waals surface area contributed by atoms with Gasteiger partial charge in [-0.25, -0.2) is 8.78 Å². The summed E-state index contributed by atoms with van der Waals surface area (Å²) < 4.78 is 26.5. The van der Waals surface area contributed by atoms with Crippen LogP contribution in [0.25, 0.3) is 0 Å². The van der Waals surface area contributed by atoms with Crippen molar-refractivity contribution in [2.45, 2.75) is 32.7 Å². The fourth-order valence-electron chi connectivity index (χ4n) is 3.60. The second kappa shape index (κ2) is 6.37. The average Bonchev–Trinajstić information content (AvgIpc) is 2.93. The number of likely N-dealkylation sites (tertiary alicyclic amines) is 1. The summed E-state index contributed by atoms with van der Waals surface area (Å²) in [5.74, 6) is -3.29. The van der Waals surface area contributed by atoms with Crippen molar-refractivity contribution in [2.24, 2.45) is 17.1 Å². The van der Waals surface area contributed by atoms with Gasteiger partial charge in [0, 0.05) is 37.4 Å². The van der Waals surface area contributed by atoms with Crippen LogP contribution in [-0.2, 0) is 9.59 Å². The molecule has 0 aromatic heterocycles. The van der Waals surface area contributed by atoms with Gasteiger partial charge >= 0.3 is 0 Å². The van der Waals surface area contributed by atoms with Gasteiger partial charge in [-0.2, -0.15) is 0 Å². The molecule has 7 heteroatoms. The first-order valence-electron chi connectivity index (χ1n) is 8.51. The molecule has 0 bridgehead atoms. The number of halogens is 2. The zero-order chi connectivity index (χ0) is 18.4. The Morgan fingerprint density at radius 1 is 1.20 bits per heavy atom. The van der Waals surface area contributed by atoms with E-state index in [2.05, 4.69) is 0 Å². The van der Waals surface area contributed by atoms with Crippen molar-refractivity contribution in [3.05, 3.63) is 29.8 Å². The minimum Gasteiger partial charge on any atom is -0.341 e. The van der Waals surface area contributed by atoms with E-state index in [-0.39, 0.29) is 29.0 Å². The van der Waals surface area contributed by atoms with Gasteiger partial charge in [0.1, 0.15) is 5.92 Å². The van der Waals surface area contributed by atoms with Crippen LogP contribution in [0, 0.1) is 23.0 Å². The average molecular weight is 351 g/mol. The van der Waals surface area contributed by atoms with E-state index in [1.165, 1.54) is 11.0 Å². The van der Waals surface area contributed by atoms with Gasteiger partial charge in [0.2, 0.25) is 11.8 Å². The maximum atomic E-state index is 13.4. The molecule has 0 spiro atoms. The number of nitrogens with two attached hydrogens (primary N) is 1. The quantitative estimate of drug-likeness (QED) is 0.828. The number of hydrogen-bond donors (Lipinski definition) is 1. The Bertz CT molecular complexity index is 708. The molecule has 2 N–H and O–H groups in total. The summed E-state index contributed by atoms with van der Waals surface area (Å²) in [6.07, 6.45) is 1.08. The van der Waals surface area contributed by atoms with Gasteiger partial charge in [-0.15, -0.1) is 0 Å². The van der Waals surface area contributed by atoms with E-state index in [1.54, 1.807) is 4.90 Å². The van der Waals surface area contributed by atoms with E-state index in [0.717, 1.165) is 12.1 Å². The highest BCUT2D eigenvalue weighted by Gasteiger charge is 2.43. The molecule has 1 aromatic rings. The predicted molar refractivity (Wildman–Crippen MR) is 89.8 cm³/mol. The Kier molecular flexibility index (Phi) is 4.53. The Hall–Kier alpha value is -2.02. The molecule has 0 saturated carbocycles. The summed E-state index contributed by atoms with van der Waals surface area (Å²) in [6.45, 7) is 5.40. The molecule has 5 nitrogen and oxygen atoms in total. The van der Waals surface area contributed by atoms with Crippen molar-refractivity contribution in [2.75, 3.05) is 24.5 Å². The molecule has 1 aromatic carbocycles. The molecule has 2 aliphatic rings. The van der Waals surface area contributed by atoms with Gasteiger partial charge in [0.25, 0.3) is 0 Å². The molecule has 2 unspecified atom stereocenters. The molecular weight excluding hydrogens is 328 g/mol. The van der Waals surface area contributed by atoms with Crippen LogP contribution in [-0.4, -0.2) is 42.4 Å². The highest BCUT2D eigenvalue weighted by molar-refractivity contribution is 6.09. The van der Waals surface area contributed by atoms with Crippen molar-refractivity contribution >= 4 is 17.5 Å². The van der Waals surface area contributed by atoms with E-state index >= 15 is 0 Å². The van der Waals surface area contributed by atoms with Crippen molar-refractivity contribution in [1.29, 1.82) is 0 Å². The molecule has 2 aliphatic heterocycles. The summed E-state index contributed by atoms with van der Waals surface area (Å²) >= 11 is 0. The first kappa shape index (κ1) is 17.8. The lowest BCUT2D eigenvalue weighted by atomic mass is 9.79. The number of amides is 2. The van der Waals surface area contributed by atoms with E-state index in [9.17, 15) is 18.4 Å². The fourth-order valence-corrected chi connectivity index (χ4v) is 3.60. The lowest BCUT2D eigenvalue weighted by Gasteiger charge is -2.43. The second-order valence-corrected chi connectivity index (χ2v) is 7.57. The maximum absolute atomic E-state index is 13.4. The van der Waals surface area contributed by atoms with Crippen LogP contribution in [0.1, 0.15) is 26.7 Å². The topological polar surface area (TPSA) is 66.6 Å². The number of carbonyl (C=O) groups excluding carboxylic acids is 2. The fraction of sp³-hybridized carbons (Fsp3) is 0.556. The van der Waals surface area contributed by atoms with E-state index < -0.39 is 17.6 Å². The largest absolute Gasteiger partial charge is 0.341 e. The first-order chi connectivity index (χ1) is 11.7. The number of nitrogens with zero attached hydrogens (tertiary/aromatic N) is 2. The van der Waals surface area contributed by atoms with Crippen LogP contribution in [0.3, 0.4) is 0 Å². The third kappa shape index (κ3) is 3.25. The van der Waals surface area contributed by atoms with Gasteiger partial charge in [-0.1, -0.05) is 13.8 Å². The number of anilines is 1. The molecule has 136 valence electrons. The molecule has 0 aliphatic carbocycles. The zero-order valence-electron chi connectivity index (χ0n) is 14.5. The summed E-state index contributed by atoms with van der Waals surface area (Å²) in [5.41, 5.74) is 6.18. The maximum Gasteiger partial charge on any atom is 0.239 e. The molecule has 2 fully saturated rings. The molecule has 2 atom stereocenters. The monoisotopic (exact) mass is 351 g/mol.